The Balaban J connectivity index is 2.11. The number of nitrogens with one attached hydrogen (secondary N) is 1. The Bertz CT molecular complexity index is 830. The average Bonchev–Trinajstić information content (AvgIpc) is 2.93. The molecular weight excluding hydrogens is 260 g/mol. The second-order valence-electron chi connectivity index (χ2n) is 5.30. The molecule has 0 unspecified atom stereocenters. The third-order valence-corrected chi connectivity index (χ3v) is 3.97. The van der Waals surface area contributed by atoms with Crippen molar-refractivity contribution in [1.82, 2.24) is 4.98 Å². The molecule has 0 aliphatic rings. The van der Waals surface area contributed by atoms with Crippen molar-refractivity contribution in [2.24, 2.45) is 0 Å². The van der Waals surface area contributed by atoms with Crippen LogP contribution in [0.2, 0.25) is 0 Å². The Morgan fingerprint density at radius 1 is 1.24 bits per heavy atom. The van der Waals surface area contributed by atoms with Crippen LogP contribution in [0.3, 0.4) is 0 Å². The lowest BCUT2D eigenvalue weighted by atomic mass is 9.99. The summed E-state index contributed by atoms with van der Waals surface area (Å²) in [4.78, 5) is 15.9. The molecule has 0 saturated carbocycles. The number of fused-ring (bicyclic) bond motifs is 1. The van der Waals surface area contributed by atoms with Crippen LogP contribution in [0.15, 0.2) is 42.6 Å². The fourth-order valence-corrected chi connectivity index (χ4v) is 2.64. The second kappa shape index (κ2) is 5.09. The number of H-pyrrole nitrogens is 1. The molecule has 0 bridgehead atoms. The van der Waals surface area contributed by atoms with E-state index in [-0.39, 0.29) is 5.78 Å². The standard InChI is InChI=1S/C18H18N2O/c1-3-12-5-4-6-14-15(10-20-17(12)14)18(21)13-8-7-11(2)16(19)9-13/h4-10,20H,3,19H2,1-2H3. The van der Waals surface area contributed by atoms with Crippen molar-refractivity contribution in [3.05, 3.63) is 64.8 Å². The third-order valence-electron chi connectivity index (χ3n) is 3.97. The van der Waals surface area contributed by atoms with Gasteiger partial charge < -0.3 is 10.7 Å². The highest BCUT2D eigenvalue weighted by Crippen LogP contribution is 2.25. The minimum Gasteiger partial charge on any atom is -0.398 e. The quantitative estimate of drug-likeness (QED) is 0.564. The zero-order valence-electron chi connectivity index (χ0n) is 12.2. The second-order valence-corrected chi connectivity index (χ2v) is 5.30. The zero-order valence-corrected chi connectivity index (χ0v) is 12.2. The number of hydrogen-bond donors (Lipinski definition) is 2. The first-order chi connectivity index (χ1) is 10.1. The van der Waals surface area contributed by atoms with Crippen LogP contribution in [0.5, 0.6) is 0 Å². The van der Waals surface area contributed by atoms with Crippen molar-refractivity contribution in [3.8, 4) is 0 Å². The van der Waals surface area contributed by atoms with Crippen LogP contribution in [0.4, 0.5) is 5.69 Å². The van der Waals surface area contributed by atoms with Crippen molar-refractivity contribution >= 4 is 22.4 Å². The lowest BCUT2D eigenvalue weighted by Crippen LogP contribution is -2.02. The van der Waals surface area contributed by atoms with Gasteiger partial charge in [0.15, 0.2) is 5.78 Å². The van der Waals surface area contributed by atoms with Gasteiger partial charge in [-0.2, -0.15) is 0 Å². The molecule has 2 aromatic carbocycles. The number of nitrogen functional groups attached to an aromatic ring is 1. The van der Waals surface area contributed by atoms with Crippen LogP contribution in [-0.2, 0) is 6.42 Å². The van der Waals surface area contributed by atoms with Crippen LogP contribution in [-0.4, -0.2) is 10.8 Å². The van der Waals surface area contributed by atoms with Crippen molar-refractivity contribution in [2.75, 3.05) is 5.73 Å². The van der Waals surface area contributed by atoms with Crippen molar-refractivity contribution < 1.29 is 4.79 Å². The number of aryl methyl sites for hydroxylation is 2. The monoisotopic (exact) mass is 278 g/mol. The molecule has 0 aliphatic heterocycles. The SMILES string of the molecule is CCc1cccc2c(C(=O)c3ccc(C)c(N)c3)c[nH]c12. The number of carbonyl (C=O) groups is 1. The molecule has 3 heteroatoms. The molecule has 0 saturated heterocycles. The summed E-state index contributed by atoms with van der Waals surface area (Å²) in [6, 6.07) is 11.5. The molecule has 3 rings (SSSR count). The maximum absolute atomic E-state index is 12.7. The first-order valence-corrected chi connectivity index (χ1v) is 7.11. The number of aromatic nitrogens is 1. The van der Waals surface area contributed by atoms with Gasteiger partial charge in [0.1, 0.15) is 0 Å². The summed E-state index contributed by atoms with van der Waals surface area (Å²) in [5.41, 5.74) is 11.1. The molecule has 0 fully saturated rings. The molecule has 0 aliphatic carbocycles. The van der Waals surface area contributed by atoms with Crippen LogP contribution >= 0.6 is 0 Å². The summed E-state index contributed by atoms with van der Waals surface area (Å²) in [6.45, 7) is 4.04. The van der Waals surface area contributed by atoms with E-state index in [1.807, 2.05) is 31.2 Å². The smallest absolute Gasteiger partial charge is 0.195 e. The lowest BCUT2D eigenvalue weighted by Gasteiger charge is -2.04. The summed E-state index contributed by atoms with van der Waals surface area (Å²) in [5, 5.41) is 0.971. The van der Waals surface area contributed by atoms with Crippen molar-refractivity contribution in [1.29, 1.82) is 0 Å². The van der Waals surface area contributed by atoms with Gasteiger partial charge in [0.25, 0.3) is 0 Å². The van der Waals surface area contributed by atoms with Gasteiger partial charge in [-0.15, -0.1) is 0 Å². The van der Waals surface area contributed by atoms with Gasteiger partial charge in [-0.05, 0) is 30.5 Å². The Kier molecular flexibility index (Phi) is 3.26. The van der Waals surface area contributed by atoms with Crippen LogP contribution in [0.25, 0.3) is 10.9 Å². The number of aromatic amines is 1. The Labute approximate surface area is 123 Å². The van der Waals surface area contributed by atoms with Gasteiger partial charge in [-0.3, -0.25) is 4.79 Å². The number of para-hydroxylation sites is 1. The Morgan fingerprint density at radius 2 is 2.05 bits per heavy atom. The highest BCUT2D eigenvalue weighted by atomic mass is 16.1. The molecule has 1 heterocycles. The molecule has 106 valence electrons. The highest BCUT2D eigenvalue weighted by molar-refractivity contribution is 6.16. The molecule has 0 spiro atoms. The van der Waals surface area contributed by atoms with Crippen LogP contribution < -0.4 is 5.73 Å². The minimum absolute atomic E-state index is 0.00111. The van der Waals surface area contributed by atoms with Gasteiger partial charge >= 0.3 is 0 Å². The van der Waals surface area contributed by atoms with E-state index in [0.29, 0.717) is 16.8 Å². The summed E-state index contributed by atoms with van der Waals surface area (Å²) in [6.07, 6.45) is 2.73. The molecule has 0 amide bonds. The number of anilines is 1. The normalized spacial score (nSPS) is 11.0. The van der Waals surface area contributed by atoms with E-state index in [9.17, 15) is 4.79 Å². The van der Waals surface area contributed by atoms with Crippen LogP contribution in [0, 0.1) is 6.92 Å². The zero-order chi connectivity index (χ0) is 15.0. The molecule has 3 nitrogen and oxygen atoms in total. The fraction of sp³-hybridized carbons (Fsp3) is 0.167. The number of carbonyl (C=O) groups excluding carboxylic acids is 1. The largest absolute Gasteiger partial charge is 0.398 e. The van der Waals surface area contributed by atoms with E-state index in [1.54, 1.807) is 12.3 Å². The number of nitrogens with two attached hydrogens (primary N) is 1. The molecule has 0 atom stereocenters. The summed E-state index contributed by atoms with van der Waals surface area (Å²) in [7, 11) is 0. The summed E-state index contributed by atoms with van der Waals surface area (Å²) < 4.78 is 0. The summed E-state index contributed by atoms with van der Waals surface area (Å²) in [5.74, 6) is 0.00111. The van der Waals surface area contributed by atoms with E-state index >= 15 is 0 Å². The summed E-state index contributed by atoms with van der Waals surface area (Å²) >= 11 is 0. The number of benzene rings is 2. The molecule has 3 aromatic rings. The molecule has 0 radical (unpaired) electrons. The predicted molar refractivity (Wildman–Crippen MR) is 86.7 cm³/mol. The molecule has 1 aromatic heterocycles. The lowest BCUT2D eigenvalue weighted by molar-refractivity contribution is 0.104. The topological polar surface area (TPSA) is 58.9 Å². The highest BCUT2D eigenvalue weighted by Gasteiger charge is 2.15. The van der Waals surface area contributed by atoms with E-state index in [0.717, 1.165) is 22.9 Å². The number of ketones is 1. The predicted octanol–water partition coefficient (Wildman–Crippen LogP) is 3.85. The number of rotatable bonds is 3. The van der Waals surface area contributed by atoms with Crippen molar-refractivity contribution in [2.45, 2.75) is 20.3 Å². The maximum Gasteiger partial charge on any atom is 0.195 e. The Hall–Kier alpha value is -2.55. The molecular formula is C18H18N2O. The van der Waals surface area contributed by atoms with Gasteiger partial charge in [0.2, 0.25) is 0 Å². The van der Waals surface area contributed by atoms with E-state index in [1.165, 1.54) is 5.56 Å². The first-order valence-electron chi connectivity index (χ1n) is 7.11. The van der Waals surface area contributed by atoms with Gasteiger partial charge in [0, 0.05) is 33.9 Å². The maximum atomic E-state index is 12.7. The minimum atomic E-state index is 0.00111. The average molecular weight is 278 g/mol. The molecule has 3 N–H and O–H groups in total. The molecule has 21 heavy (non-hydrogen) atoms. The third kappa shape index (κ3) is 2.21. The fourth-order valence-electron chi connectivity index (χ4n) is 2.64. The van der Waals surface area contributed by atoms with E-state index < -0.39 is 0 Å². The van der Waals surface area contributed by atoms with Crippen molar-refractivity contribution in [3.63, 3.8) is 0 Å². The van der Waals surface area contributed by atoms with Gasteiger partial charge in [0.05, 0.1) is 0 Å². The number of hydrogen-bond acceptors (Lipinski definition) is 2. The van der Waals surface area contributed by atoms with Gasteiger partial charge in [-0.25, -0.2) is 0 Å². The van der Waals surface area contributed by atoms with Crippen LogP contribution in [0.1, 0.15) is 34.0 Å². The Morgan fingerprint density at radius 3 is 2.76 bits per heavy atom. The van der Waals surface area contributed by atoms with Gasteiger partial charge in [-0.1, -0.05) is 37.3 Å². The van der Waals surface area contributed by atoms with E-state index in [2.05, 4.69) is 18.0 Å². The first kappa shape index (κ1) is 13.4. The van der Waals surface area contributed by atoms with E-state index in [4.69, 9.17) is 5.73 Å².